The van der Waals surface area contributed by atoms with Crippen molar-refractivity contribution in [1.82, 2.24) is 25.2 Å². The first-order chi connectivity index (χ1) is 12.2. The Balaban J connectivity index is 1.42. The monoisotopic (exact) mass is 339 g/mol. The van der Waals surface area contributed by atoms with Crippen molar-refractivity contribution < 1.29 is 4.79 Å². The van der Waals surface area contributed by atoms with Gasteiger partial charge in [-0.15, -0.1) is 5.10 Å². The van der Waals surface area contributed by atoms with Gasteiger partial charge in [0.2, 0.25) is 5.91 Å². The normalized spacial score (nSPS) is 20.4. The summed E-state index contributed by atoms with van der Waals surface area (Å²) in [4.78, 5) is 15.3. The Morgan fingerprint density at radius 1 is 1.20 bits per heavy atom. The molecule has 1 aliphatic heterocycles. The molecule has 2 aliphatic rings. The second kappa shape index (κ2) is 6.96. The molecular formula is C19H25N5O. The van der Waals surface area contributed by atoms with Crippen LogP contribution in [0.3, 0.4) is 0 Å². The summed E-state index contributed by atoms with van der Waals surface area (Å²) in [5.74, 6) is 0.747. The van der Waals surface area contributed by atoms with E-state index >= 15 is 0 Å². The predicted molar refractivity (Wildman–Crippen MR) is 95.2 cm³/mol. The molecule has 0 bridgehead atoms. The Morgan fingerprint density at radius 3 is 2.52 bits per heavy atom. The topological polar surface area (TPSA) is 63.1 Å². The van der Waals surface area contributed by atoms with Gasteiger partial charge in [0, 0.05) is 0 Å². The van der Waals surface area contributed by atoms with Crippen LogP contribution >= 0.6 is 0 Å². The molecule has 1 saturated carbocycles. The molecule has 0 unspecified atom stereocenters. The van der Waals surface area contributed by atoms with Gasteiger partial charge in [0.15, 0.2) is 0 Å². The number of nitrogens with one attached hydrogen (secondary N) is 1. The summed E-state index contributed by atoms with van der Waals surface area (Å²) in [5.41, 5.74) is 2.07. The van der Waals surface area contributed by atoms with Crippen molar-refractivity contribution in [2.24, 2.45) is 5.92 Å². The molecular weight excluding hydrogens is 314 g/mol. The first-order valence-electron chi connectivity index (χ1n) is 9.23. The fourth-order valence-corrected chi connectivity index (χ4v) is 3.75. The van der Waals surface area contributed by atoms with Gasteiger partial charge in [0.25, 0.3) is 0 Å². The van der Waals surface area contributed by atoms with Gasteiger partial charge < -0.3 is 5.32 Å². The molecule has 1 amide bonds. The second-order valence-corrected chi connectivity index (χ2v) is 7.19. The van der Waals surface area contributed by atoms with E-state index < -0.39 is 0 Å². The summed E-state index contributed by atoms with van der Waals surface area (Å²) in [6.45, 7) is 4.18. The zero-order chi connectivity index (χ0) is 17.2. The van der Waals surface area contributed by atoms with E-state index in [4.69, 9.17) is 0 Å². The maximum Gasteiger partial charge on any atom is 0.238 e. The van der Waals surface area contributed by atoms with Gasteiger partial charge in [-0.2, -0.15) is 0 Å². The van der Waals surface area contributed by atoms with Crippen LogP contribution in [0.15, 0.2) is 36.7 Å². The summed E-state index contributed by atoms with van der Waals surface area (Å²) in [5, 5.41) is 11.1. The smallest absolute Gasteiger partial charge is 0.238 e. The molecule has 1 aromatic heterocycles. The lowest BCUT2D eigenvalue weighted by atomic mass is 10.1. The SMILES string of the molecule is C[C@@H](NC(=O)[C@H](C1CC1)N1CCCC1)c1ccc(-n2ccnn2)cc1. The van der Waals surface area contributed by atoms with E-state index in [0.717, 1.165) is 24.3 Å². The maximum atomic E-state index is 12.9. The maximum absolute atomic E-state index is 12.9. The van der Waals surface area contributed by atoms with Gasteiger partial charge in [-0.25, -0.2) is 4.68 Å². The number of rotatable bonds is 6. The quantitative estimate of drug-likeness (QED) is 0.877. The van der Waals surface area contributed by atoms with Crippen molar-refractivity contribution in [3.8, 4) is 5.69 Å². The highest BCUT2D eigenvalue weighted by Gasteiger charge is 2.41. The van der Waals surface area contributed by atoms with Gasteiger partial charge in [-0.05, 0) is 69.3 Å². The summed E-state index contributed by atoms with van der Waals surface area (Å²) >= 11 is 0. The Morgan fingerprint density at radius 2 is 1.92 bits per heavy atom. The molecule has 2 fully saturated rings. The minimum absolute atomic E-state index is 0.00106. The van der Waals surface area contributed by atoms with Crippen molar-refractivity contribution in [2.75, 3.05) is 13.1 Å². The lowest BCUT2D eigenvalue weighted by molar-refractivity contribution is -0.127. The number of aromatic nitrogens is 3. The molecule has 132 valence electrons. The van der Waals surface area contributed by atoms with Crippen molar-refractivity contribution in [3.05, 3.63) is 42.2 Å². The third kappa shape index (κ3) is 3.58. The highest BCUT2D eigenvalue weighted by Crippen LogP contribution is 2.37. The highest BCUT2D eigenvalue weighted by atomic mass is 16.2. The molecule has 0 spiro atoms. The van der Waals surface area contributed by atoms with Crippen molar-refractivity contribution in [2.45, 2.75) is 44.7 Å². The molecule has 6 heteroatoms. The fourth-order valence-electron chi connectivity index (χ4n) is 3.75. The van der Waals surface area contributed by atoms with E-state index in [9.17, 15) is 4.79 Å². The minimum Gasteiger partial charge on any atom is -0.348 e. The zero-order valence-corrected chi connectivity index (χ0v) is 14.6. The lowest BCUT2D eigenvalue weighted by Crippen LogP contribution is -2.47. The van der Waals surface area contributed by atoms with Crippen LogP contribution in [0.4, 0.5) is 0 Å². The van der Waals surface area contributed by atoms with E-state index in [2.05, 4.69) is 27.5 Å². The van der Waals surface area contributed by atoms with Crippen LogP contribution < -0.4 is 5.32 Å². The summed E-state index contributed by atoms with van der Waals surface area (Å²) in [6.07, 6.45) is 8.29. The number of carbonyl (C=O) groups is 1. The number of carbonyl (C=O) groups excluding carboxylic acids is 1. The van der Waals surface area contributed by atoms with Gasteiger partial charge in [0.1, 0.15) is 0 Å². The number of benzene rings is 1. The number of nitrogens with zero attached hydrogens (tertiary/aromatic N) is 4. The Kier molecular flexibility index (Phi) is 4.53. The standard InChI is InChI=1S/C19H25N5O/c1-14(15-6-8-17(9-7-15)24-13-10-20-22-24)21-19(25)18(16-4-5-16)23-11-2-3-12-23/h6-10,13-14,16,18H,2-5,11-12H2,1H3,(H,21,25)/t14-,18+/m1/s1. The molecule has 1 N–H and O–H groups in total. The Bertz CT molecular complexity index is 702. The predicted octanol–water partition coefficient (Wildman–Crippen LogP) is 2.32. The first-order valence-corrected chi connectivity index (χ1v) is 9.23. The van der Waals surface area contributed by atoms with Gasteiger partial charge >= 0.3 is 0 Å². The number of hydrogen-bond acceptors (Lipinski definition) is 4. The average molecular weight is 339 g/mol. The first kappa shape index (κ1) is 16.3. The molecule has 2 heterocycles. The van der Waals surface area contributed by atoms with Gasteiger partial charge in [0.05, 0.1) is 30.2 Å². The third-order valence-corrected chi connectivity index (χ3v) is 5.31. The van der Waals surface area contributed by atoms with E-state index in [1.165, 1.54) is 25.7 Å². The van der Waals surface area contributed by atoms with E-state index in [1.54, 1.807) is 10.9 Å². The van der Waals surface area contributed by atoms with Crippen molar-refractivity contribution >= 4 is 5.91 Å². The molecule has 2 atom stereocenters. The summed E-state index contributed by atoms with van der Waals surface area (Å²) < 4.78 is 1.73. The molecule has 1 aromatic carbocycles. The van der Waals surface area contributed by atoms with Crippen LogP contribution in [0.25, 0.3) is 5.69 Å². The molecule has 1 saturated heterocycles. The summed E-state index contributed by atoms with van der Waals surface area (Å²) in [6, 6.07) is 8.17. The average Bonchev–Trinajstić information content (AvgIpc) is 3.09. The molecule has 4 rings (SSSR count). The Hall–Kier alpha value is -2.21. The minimum atomic E-state index is 0.00106. The molecule has 6 nitrogen and oxygen atoms in total. The van der Waals surface area contributed by atoms with Gasteiger partial charge in [-0.1, -0.05) is 17.3 Å². The van der Waals surface area contributed by atoms with Gasteiger partial charge in [-0.3, -0.25) is 9.69 Å². The molecule has 2 aromatic rings. The molecule has 1 aliphatic carbocycles. The molecule has 25 heavy (non-hydrogen) atoms. The number of hydrogen-bond donors (Lipinski definition) is 1. The highest BCUT2D eigenvalue weighted by molar-refractivity contribution is 5.83. The van der Waals surface area contributed by atoms with Crippen LogP contribution in [-0.4, -0.2) is 44.9 Å². The van der Waals surface area contributed by atoms with E-state index in [0.29, 0.717) is 5.92 Å². The van der Waals surface area contributed by atoms with E-state index in [1.807, 2.05) is 30.5 Å². The van der Waals surface area contributed by atoms with Crippen molar-refractivity contribution in [1.29, 1.82) is 0 Å². The van der Waals surface area contributed by atoms with E-state index in [-0.39, 0.29) is 18.0 Å². The van der Waals surface area contributed by atoms with Crippen LogP contribution in [0.1, 0.15) is 44.2 Å². The number of amides is 1. The largest absolute Gasteiger partial charge is 0.348 e. The fraction of sp³-hybridized carbons (Fsp3) is 0.526. The zero-order valence-electron chi connectivity index (χ0n) is 14.6. The third-order valence-electron chi connectivity index (χ3n) is 5.31. The van der Waals surface area contributed by atoms with Crippen LogP contribution in [-0.2, 0) is 4.79 Å². The summed E-state index contributed by atoms with van der Waals surface area (Å²) in [7, 11) is 0. The number of likely N-dealkylation sites (tertiary alicyclic amines) is 1. The second-order valence-electron chi connectivity index (χ2n) is 7.19. The Labute approximate surface area is 148 Å². The van der Waals surface area contributed by atoms with Crippen LogP contribution in [0, 0.1) is 5.92 Å². The van der Waals surface area contributed by atoms with Crippen molar-refractivity contribution in [3.63, 3.8) is 0 Å². The lowest BCUT2D eigenvalue weighted by Gasteiger charge is -2.28. The van der Waals surface area contributed by atoms with Crippen LogP contribution in [0.5, 0.6) is 0 Å². The molecule has 0 radical (unpaired) electrons. The van der Waals surface area contributed by atoms with Crippen LogP contribution in [0.2, 0.25) is 0 Å².